The lowest BCUT2D eigenvalue weighted by Gasteiger charge is -2.21. The zero-order valence-electron chi connectivity index (χ0n) is 9.37. The SMILES string of the molecule is CC(C)(C)c1c([O])ccc2ccccc12. The minimum atomic E-state index is -0.0993. The fraction of sp³-hybridized carbons (Fsp3) is 0.286. The summed E-state index contributed by atoms with van der Waals surface area (Å²) in [5, 5.41) is 14.1. The molecule has 2 rings (SSSR count). The molecule has 1 radical (unpaired) electrons. The monoisotopic (exact) mass is 199 g/mol. The summed E-state index contributed by atoms with van der Waals surface area (Å²) in [4.78, 5) is 0. The van der Waals surface area contributed by atoms with Crippen molar-refractivity contribution in [3.8, 4) is 5.75 Å². The van der Waals surface area contributed by atoms with E-state index in [4.69, 9.17) is 0 Å². The molecule has 0 aromatic heterocycles. The summed E-state index contributed by atoms with van der Waals surface area (Å²) in [5.41, 5.74) is 0.818. The average molecular weight is 199 g/mol. The van der Waals surface area contributed by atoms with Crippen molar-refractivity contribution in [1.29, 1.82) is 0 Å². The molecule has 15 heavy (non-hydrogen) atoms. The Hall–Kier alpha value is -1.50. The van der Waals surface area contributed by atoms with Crippen molar-refractivity contribution >= 4 is 10.8 Å². The van der Waals surface area contributed by atoms with E-state index in [0.29, 0.717) is 0 Å². The first kappa shape index (κ1) is 10.0. The van der Waals surface area contributed by atoms with Crippen molar-refractivity contribution in [2.24, 2.45) is 0 Å². The van der Waals surface area contributed by atoms with Crippen molar-refractivity contribution in [1.82, 2.24) is 0 Å². The Morgan fingerprint density at radius 2 is 1.60 bits per heavy atom. The van der Waals surface area contributed by atoms with Gasteiger partial charge in [-0.1, -0.05) is 51.1 Å². The molecule has 77 valence electrons. The molecule has 0 aliphatic rings. The zero-order chi connectivity index (χ0) is 11.1. The summed E-state index contributed by atoms with van der Waals surface area (Å²) < 4.78 is 0. The third-order valence-electron chi connectivity index (χ3n) is 2.64. The molecule has 2 aromatic rings. The Bertz CT molecular complexity index is 492. The average Bonchev–Trinajstić information content (AvgIpc) is 2.15. The van der Waals surface area contributed by atoms with E-state index in [0.717, 1.165) is 16.3 Å². The van der Waals surface area contributed by atoms with Gasteiger partial charge >= 0.3 is 0 Å². The fourth-order valence-corrected chi connectivity index (χ4v) is 2.03. The van der Waals surface area contributed by atoms with E-state index in [9.17, 15) is 5.11 Å². The lowest BCUT2D eigenvalue weighted by atomic mass is 9.83. The van der Waals surface area contributed by atoms with Gasteiger partial charge in [-0.15, -0.1) is 0 Å². The highest BCUT2D eigenvalue weighted by Gasteiger charge is 2.21. The summed E-state index contributed by atoms with van der Waals surface area (Å²) >= 11 is 0. The van der Waals surface area contributed by atoms with Gasteiger partial charge in [0.2, 0.25) is 0 Å². The van der Waals surface area contributed by atoms with E-state index in [2.05, 4.69) is 20.8 Å². The number of hydrogen-bond donors (Lipinski definition) is 0. The Labute approximate surface area is 90.4 Å². The largest absolute Gasteiger partial charge is 0.290 e. The van der Waals surface area contributed by atoms with Crippen LogP contribution in [-0.2, 0) is 10.5 Å². The number of rotatable bonds is 0. The molecule has 0 saturated heterocycles. The number of fused-ring (bicyclic) bond motifs is 1. The zero-order valence-corrected chi connectivity index (χ0v) is 9.37. The van der Waals surface area contributed by atoms with E-state index < -0.39 is 0 Å². The van der Waals surface area contributed by atoms with Crippen molar-refractivity contribution in [3.05, 3.63) is 42.0 Å². The van der Waals surface area contributed by atoms with Crippen molar-refractivity contribution < 1.29 is 5.11 Å². The first-order valence-electron chi connectivity index (χ1n) is 5.19. The maximum atomic E-state index is 11.9. The van der Waals surface area contributed by atoms with Crippen LogP contribution >= 0.6 is 0 Å². The maximum absolute atomic E-state index is 11.9. The molecule has 0 bridgehead atoms. The van der Waals surface area contributed by atoms with E-state index in [1.165, 1.54) is 0 Å². The smallest absolute Gasteiger partial charge is 0.182 e. The summed E-state index contributed by atoms with van der Waals surface area (Å²) in [6, 6.07) is 11.6. The Morgan fingerprint density at radius 3 is 2.27 bits per heavy atom. The van der Waals surface area contributed by atoms with Gasteiger partial charge in [-0.05, 0) is 22.3 Å². The molecule has 0 N–H and O–H groups in total. The van der Waals surface area contributed by atoms with Crippen molar-refractivity contribution in [3.63, 3.8) is 0 Å². The minimum absolute atomic E-state index is 0.0993. The quantitative estimate of drug-likeness (QED) is 0.603. The highest BCUT2D eigenvalue weighted by atomic mass is 16.3. The molecule has 1 nitrogen and oxygen atoms in total. The molecule has 0 aliphatic carbocycles. The van der Waals surface area contributed by atoms with Gasteiger partial charge in [0.15, 0.2) is 5.75 Å². The van der Waals surface area contributed by atoms with Gasteiger partial charge in [-0.3, -0.25) is 5.11 Å². The van der Waals surface area contributed by atoms with Gasteiger partial charge in [0, 0.05) is 5.56 Å². The lowest BCUT2D eigenvalue weighted by Crippen LogP contribution is -2.11. The van der Waals surface area contributed by atoms with Crippen molar-refractivity contribution in [2.75, 3.05) is 0 Å². The molecule has 0 aliphatic heterocycles. The topological polar surface area (TPSA) is 19.9 Å². The third kappa shape index (κ3) is 1.70. The molecule has 0 saturated carbocycles. The van der Waals surface area contributed by atoms with Crippen LogP contribution in [0.25, 0.3) is 10.8 Å². The molecule has 0 fully saturated rings. The second kappa shape index (κ2) is 3.27. The van der Waals surface area contributed by atoms with Crippen LogP contribution in [0.15, 0.2) is 36.4 Å². The number of hydrogen-bond acceptors (Lipinski definition) is 0. The van der Waals surface area contributed by atoms with Crippen molar-refractivity contribution in [2.45, 2.75) is 26.2 Å². The molecule has 2 aromatic carbocycles. The van der Waals surface area contributed by atoms with Crippen LogP contribution in [0.1, 0.15) is 26.3 Å². The maximum Gasteiger partial charge on any atom is 0.182 e. The fourth-order valence-electron chi connectivity index (χ4n) is 2.03. The molecule has 1 heteroatoms. The molecule has 0 unspecified atom stereocenters. The molecule has 0 amide bonds. The van der Waals surface area contributed by atoms with Gasteiger partial charge in [-0.25, -0.2) is 0 Å². The predicted octanol–water partition coefficient (Wildman–Crippen LogP) is 4.28. The van der Waals surface area contributed by atoms with Crippen LogP contribution in [0.2, 0.25) is 0 Å². The van der Waals surface area contributed by atoms with Gasteiger partial charge in [0.05, 0.1) is 0 Å². The Kier molecular flexibility index (Phi) is 2.18. The lowest BCUT2D eigenvalue weighted by molar-refractivity contribution is 0.342. The Morgan fingerprint density at radius 1 is 0.933 bits per heavy atom. The second-order valence-electron chi connectivity index (χ2n) is 4.91. The standard InChI is InChI=1S/C14H15O/c1-14(2,3)13-11-7-5-4-6-10(11)8-9-12(13)15/h4-9H,1-3H3. The predicted molar refractivity (Wildman–Crippen MR) is 62.8 cm³/mol. The highest BCUT2D eigenvalue weighted by molar-refractivity contribution is 5.88. The van der Waals surface area contributed by atoms with Crippen LogP contribution < -0.4 is 0 Å². The Balaban J connectivity index is 2.86. The summed E-state index contributed by atoms with van der Waals surface area (Å²) in [5.74, 6) is 0.140. The van der Waals surface area contributed by atoms with Crippen LogP contribution in [0.4, 0.5) is 0 Å². The second-order valence-corrected chi connectivity index (χ2v) is 4.91. The van der Waals surface area contributed by atoms with E-state index in [-0.39, 0.29) is 11.2 Å². The van der Waals surface area contributed by atoms with Crippen LogP contribution in [0, 0.1) is 0 Å². The normalized spacial score (nSPS) is 11.9. The summed E-state index contributed by atoms with van der Waals surface area (Å²) in [7, 11) is 0. The van der Waals surface area contributed by atoms with E-state index >= 15 is 0 Å². The van der Waals surface area contributed by atoms with Gasteiger partial charge in [0.25, 0.3) is 0 Å². The van der Waals surface area contributed by atoms with Crippen LogP contribution in [0.5, 0.6) is 5.75 Å². The minimum Gasteiger partial charge on any atom is -0.290 e. The van der Waals surface area contributed by atoms with Gasteiger partial charge in [-0.2, -0.15) is 0 Å². The van der Waals surface area contributed by atoms with E-state index in [1.807, 2.05) is 30.3 Å². The molecule has 0 heterocycles. The summed E-state index contributed by atoms with van der Waals surface area (Å²) in [6.45, 7) is 6.24. The molecular formula is C14H15O. The molecule has 0 spiro atoms. The van der Waals surface area contributed by atoms with Gasteiger partial charge in [0.1, 0.15) is 0 Å². The molecular weight excluding hydrogens is 184 g/mol. The first-order chi connectivity index (χ1) is 7.00. The van der Waals surface area contributed by atoms with E-state index in [1.54, 1.807) is 6.07 Å². The van der Waals surface area contributed by atoms with Crippen LogP contribution in [0.3, 0.4) is 0 Å². The highest BCUT2D eigenvalue weighted by Crippen LogP contribution is 2.36. The third-order valence-corrected chi connectivity index (χ3v) is 2.64. The van der Waals surface area contributed by atoms with Gasteiger partial charge < -0.3 is 0 Å². The number of benzene rings is 2. The van der Waals surface area contributed by atoms with Crippen LogP contribution in [-0.4, -0.2) is 0 Å². The molecule has 0 atom stereocenters. The first-order valence-corrected chi connectivity index (χ1v) is 5.19. The summed E-state index contributed by atoms with van der Waals surface area (Å²) in [6.07, 6.45) is 0.